The zero-order valence-electron chi connectivity index (χ0n) is 8.69. The molecule has 1 atom stereocenters. The number of ketones is 1. The lowest BCUT2D eigenvalue weighted by atomic mass is 10.0. The average Bonchev–Trinajstić information content (AvgIpc) is 2.27. The number of carboxylic acid groups (broad SMARTS) is 1. The molecule has 4 nitrogen and oxygen atoms in total. The van der Waals surface area contributed by atoms with Gasteiger partial charge in [0.1, 0.15) is 0 Å². The fraction of sp³-hybridized carbons (Fsp3) is 0.273. The highest BCUT2D eigenvalue weighted by atomic mass is 127. The molecule has 92 valence electrons. The Balaban J connectivity index is 3.10. The van der Waals surface area contributed by atoms with Gasteiger partial charge in [-0.25, -0.2) is 4.79 Å². The molecule has 17 heavy (non-hydrogen) atoms. The van der Waals surface area contributed by atoms with Gasteiger partial charge in [0.05, 0.1) is 0 Å². The first-order chi connectivity index (χ1) is 7.95. The average molecular weight is 369 g/mol. The lowest BCUT2D eigenvalue weighted by Gasteiger charge is -2.08. The van der Waals surface area contributed by atoms with Gasteiger partial charge >= 0.3 is 5.97 Å². The molecule has 0 heterocycles. The molecule has 0 aliphatic carbocycles. The van der Waals surface area contributed by atoms with Crippen LogP contribution in [-0.4, -0.2) is 27.8 Å². The number of aliphatic carboxylic acids is 1. The van der Waals surface area contributed by atoms with Gasteiger partial charge in [-0.3, -0.25) is 4.79 Å². The van der Waals surface area contributed by atoms with Crippen LogP contribution in [0.1, 0.15) is 28.4 Å². The molecule has 0 radical (unpaired) electrons. The van der Waals surface area contributed by atoms with Crippen molar-refractivity contribution in [1.29, 1.82) is 0 Å². The first-order valence-corrected chi connectivity index (χ1v) is 6.37. The van der Waals surface area contributed by atoms with E-state index >= 15 is 0 Å². The highest BCUT2D eigenvalue weighted by Gasteiger charge is 2.18. The van der Waals surface area contributed by atoms with E-state index in [4.69, 9.17) is 16.7 Å². The molecule has 1 unspecified atom stereocenters. The van der Waals surface area contributed by atoms with Crippen molar-refractivity contribution in [2.75, 3.05) is 5.88 Å². The molecule has 0 saturated carbocycles. The molecule has 0 bridgehead atoms. The van der Waals surface area contributed by atoms with Gasteiger partial charge in [0.25, 0.3) is 0 Å². The summed E-state index contributed by atoms with van der Waals surface area (Å²) in [5.74, 6) is -1.30. The van der Waals surface area contributed by atoms with Crippen LogP contribution in [0.4, 0.5) is 0 Å². The summed E-state index contributed by atoms with van der Waals surface area (Å²) in [4.78, 5) is 22.3. The molecule has 0 saturated heterocycles. The maximum absolute atomic E-state index is 11.6. The highest BCUT2D eigenvalue weighted by Crippen LogP contribution is 2.20. The number of carboxylic acids is 1. The molecule has 1 aromatic carbocycles. The minimum Gasteiger partial charge on any atom is -0.479 e. The van der Waals surface area contributed by atoms with Crippen molar-refractivity contribution in [2.24, 2.45) is 0 Å². The standard InChI is InChI=1S/C11H10ClIO4/c12-2-1-9(14)6-3-7(5-8(13)4-6)10(15)11(16)17/h3-5,10,15H,1-2H2,(H,16,17). The number of Topliss-reactive ketones (excluding diaryl/α,β-unsaturated/α-hetero) is 1. The van der Waals surface area contributed by atoms with Gasteiger partial charge in [0.15, 0.2) is 11.9 Å². The Morgan fingerprint density at radius 3 is 2.53 bits per heavy atom. The largest absolute Gasteiger partial charge is 0.479 e. The van der Waals surface area contributed by atoms with E-state index in [1.165, 1.54) is 12.1 Å². The van der Waals surface area contributed by atoms with Crippen LogP contribution >= 0.6 is 34.2 Å². The topological polar surface area (TPSA) is 74.6 Å². The number of carbonyl (C=O) groups excluding carboxylic acids is 1. The lowest BCUT2D eigenvalue weighted by Crippen LogP contribution is -2.12. The zero-order chi connectivity index (χ0) is 13.0. The first kappa shape index (κ1) is 14.4. The van der Waals surface area contributed by atoms with Crippen molar-refractivity contribution in [1.82, 2.24) is 0 Å². The van der Waals surface area contributed by atoms with E-state index in [9.17, 15) is 14.7 Å². The van der Waals surface area contributed by atoms with Crippen LogP contribution in [0.3, 0.4) is 0 Å². The molecule has 2 N–H and O–H groups in total. The number of carbonyl (C=O) groups is 2. The quantitative estimate of drug-likeness (QED) is 0.475. The van der Waals surface area contributed by atoms with Gasteiger partial charge in [-0.05, 0) is 46.4 Å². The smallest absolute Gasteiger partial charge is 0.337 e. The van der Waals surface area contributed by atoms with Crippen molar-refractivity contribution in [3.8, 4) is 0 Å². The minimum absolute atomic E-state index is 0.169. The molecule has 0 aromatic heterocycles. The van der Waals surface area contributed by atoms with Gasteiger partial charge in [0, 0.05) is 21.4 Å². The highest BCUT2D eigenvalue weighted by molar-refractivity contribution is 14.1. The SMILES string of the molecule is O=C(CCCl)c1cc(I)cc(C(O)C(=O)O)c1. The summed E-state index contributed by atoms with van der Waals surface area (Å²) in [7, 11) is 0. The summed E-state index contributed by atoms with van der Waals surface area (Å²) in [5.41, 5.74) is 0.565. The van der Waals surface area contributed by atoms with Crippen molar-refractivity contribution >= 4 is 45.9 Å². The predicted molar refractivity (Wildman–Crippen MR) is 71.4 cm³/mol. The van der Waals surface area contributed by atoms with Gasteiger partial charge in [-0.15, -0.1) is 11.6 Å². The minimum atomic E-state index is -1.62. The first-order valence-electron chi connectivity index (χ1n) is 4.76. The van der Waals surface area contributed by atoms with E-state index in [-0.39, 0.29) is 23.6 Å². The number of hydrogen-bond acceptors (Lipinski definition) is 3. The van der Waals surface area contributed by atoms with Crippen molar-refractivity contribution in [2.45, 2.75) is 12.5 Å². The van der Waals surface area contributed by atoms with E-state index in [2.05, 4.69) is 0 Å². The van der Waals surface area contributed by atoms with E-state index in [0.717, 1.165) is 0 Å². The van der Waals surface area contributed by atoms with Gasteiger partial charge in [-0.2, -0.15) is 0 Å². The summed E-state index contributed by atoms with van der Waals surface area (Å²) >= 11 is 7.43. The van der Waals surface area contributed by atoms with Crippen molar-refractivity contribution < 1.29 is 19.8 Å². The summed E-state index contributed by atoms with van der Waals surface area (Å²) in [6, 6.07) is 4.54. The molecule has 0 aliphatic heterocycles. The second-order valence-corrected chi connectivity index (χ2v) is 5.00. The molecule has 1 aromatic rings. The maximum Gasteiger partial charge on any atom is 0.337 e. The van der Waals surface area contributed by atoms with Crippen LogP contribution in [0, 0.1) is 3.57 Å². The normalized spacial score (nSPS) is 12.2. The molecule has 1 rings (SSSR count). The number of rotatable bonds is 5. The van der Waals surface area contributed by atoms with Crippen LogP contribution in [0.5, 0.6) is 0 Å². The third-order valence-electron chi connectivity index (χ3n) is 2.11. The number of aliphatic hydroxyl groups excluding tert-OH is 1. The number of halogens is 2. The molecular formula is C11H10ClIO4. The van der Waals surface area contributed by atoms with Gasteiger partial charge in [0.2, 0.25) is 0 Å². The number of alkyl halides is 1. The van der Waals surface area contributed by atoms with E-state index in [1.807, 2.05) is 22.6 Å². The fourth-order valence-corrected chi connectivity index (χ4v) is 2.17. The number of hydrogen-bond donors (Lipinski definition) is 2. The van der Waals surface area contributed by atoms with Crippen molar-refractivity contribution in [3.05, 3.63) is 32.9 Å². The fourth-order valence-electron chi connectivity index (χ4n) is 1.30. The van der Waals surface area contributed by atoms with E-state index in [1.54, 1.807) is 6.07 Å². The third kappa shape index (κ3) is 3.93. The second-order valence-electron chi connectivity index (χ2n) is 3.38. The lowest BCUT2D eigenvalue weighted by molar-refractivity contribution is -0.146. The molecule has 6 heteroatoms. The molecule has 0 fully saturated rings. The molecular weight excluding hydrogens is 358 g/mol. The Kier molecular flexibility index (Phi) is 5.35. The summed E-state index contributed by atoms with van der Waals surface area (Å²) in [5, 5.41) is 18.1. The summed E-state index contributed by atoms with van der Waals surface area (Å²) in [6.07, 6.45) is -1.43. The van der Waals surface area contributed by atoms with Gasteiger partial charge in [-0.1, -0.05) is 0 Å². The second kappa shape index (κ2) is 6.32. The summed E-state index contributed by atoms with van der Waals surface area (Å²) in [6.45, 7) is 0. The Morgan fingerprint density at radius 1 is 1.35 bits per heavy atom. The molecule has 0 aliphatic rings. The predicted octanol–water partition coefficient (Wildman–Crippen LogP) is 2.22. The number of aliphatic hydroxyl groups is 1. The monoisotopic (exact) mass is 368 g/mol. The van der Waals surface area contributed by atoms with Crippen LogP contribution in [0.25, 0.3) is 0 Å². The van der Waals surface area contributed by atoms with Crippen LogP contribution in [-0.2, 0) is 4.79 Å². The molecule has 0 spiro atoms. The van der Waals surface area contributed by atoms with E-state index < -0.39 is 12.1 Å². The Morgan fingerprint density at radius 2 is 2.00 bits per heavy atom. The zero-order valence-corrected chi connectivity index (χ0v) is 11.6. The maximum atomic E-state index is 11.6. The Bertz CT molecular complexity index is 447. The van der Waals surface area contributed by atoms with E-state index in [0.29, 0.717) is 9.13 Å². The summed E-state index contributed by atoms with van der Waals surface area (Å²) < 4.78 is 0.693. The van der Waals surface area contributed by atoms with Crippen LogP contribution < -0.4 is 0 Å². The molecule has 0 amide bonds. The number of benzene rings is 1. The van der Waals surface area contributed by atoms with Crippen LogP contribution in [0.2, 0.25) is 0 Å². The van der Waals surface area contributed by atoms with Crippen molar-refractivity contribution in [3.63, 3.8) is 0 Å². The Labute approximate surface area is 117 Å². The third-order valence-corrected chi connectivity index (χ3v) is 2.93. The Hall–Kier alpha value is -0.660. The van der Waals surface area contributed by atoms with Gasteiger partial charge < -0.3 is 10.2 Å². The van der Waals surface area contributed by atoms with Crippen LogP contribution in [0.15, 0.2) is 18.2 Å².